The molecule has 1 saturated heterocycles. The Hall–Kier alpha value is -3.96. The van der Waals surface area contributed by atoms with Crippen LogP contribution < -0.4 is 27.0 Å². The number of hydrogen-bond acceptors (Lipinski definition) is 6. The summed E-state index contributed by atoms with van der Waals surface area (Å²) >= 11 is 0. The molecule has 1 aromatic carbocycles. The Kier molecular flexibility index (Phi) is 10.6. The maximum Gasteiger partial charge on any atom is 0.316 e. The SMILES string of the molecule is CC(NC(=O)NC(C(=O)N1CCCC1C(=O)NC(CC1CC1)C(=O)C(N)=O)C(C)(C)C)C(=O)NC(C)(C)c1ccccc1. The molecule has 4 atom stereocenters. The third-order valence-corrected chi connectivity index (χ3v) is 8.04. The van der Waals surface area contributed by atoms with E-state index in [1.165, 1.54) is 4.90 Å². The summed E-state index contributed by atoms with van der Waals surface area (Å²) in [5.74, 6) is -3.11. The van der Waals surface area contributed by atoms with Gasteiger partial charge in [-0.15, -0.1) is 0 Å². The zero-order valence-electron chi connectivity index (χ0n) is 26.0. The molecular weight excluding hydrogens is 552 g/mol. The van der Waals surface area contributed by atoms with Crippen LogP contribution in [0.2, 0.25) is 0 Å². The number of urea groups is 1. The summed E-state index contributed by atoms with van der Waals surface area (Å²) in [7, 11) is 0. The van der Waals surface area contributed by atoms with E-state index in [-0.39, 0.29) is 12.5 Å². The van der Waals surface area contributed by atoms with Gasteiger partial charge >= 0.3 is 6.03 Å². The molecule has 1 aliphatic heterocycles. The number of rotatable bonds is 12. The molecule has 6 N–H and O–H groups in total. The minimum absolute atomic E-state index is 0.247. The molecule has 1 heterocycles. The summed E-state index contributed by atoms with van der Waals surface area (Å²) in [6.45, 7) is 10.9. The van der Waals surface area contributed by atoms with E-state index in [0.29, 0.717) is 19.3 Å². The molecule has 0 bridgehead atoms. The number of carbonyl (C=O) groups is 6. The number of Topliss-reactive ketones (excluding diaryl/α,β-unsaturated/α-hetero) is 1. The molecule has 2 aliphatic rings. The predicted molar refractivity (Wildman–Crippen MR) is 160 cm³/mol. The Morgan fingerprint density at radius 2 is 1.56 bits per heavy atom. The lowest BCUT2D eigenvalue weighted by Gasteiger charge is -2.36. The van der Waals surface area contributed by atoms with Gasteiger partial charge in [-0.25, -0.2) is 4.79 Å². The van der Waals surface area contributed by atoms with E-state index in [1.807, 2.05) is 44.2 Å². The maximum absolute atomic E-state index is 13.8. The van der Waals surface area contributed by atoms with Gasteiger partial charge in [0.1, 0.15) is 18.1 Å². The fraction of sp³-hybridized carbons (Fsp3) is 0.613. The molecule has 1 aromatic rings. The lowest BCUT2D eigenvalue weighted by molar-refractivity contribution is -0.143. The maximum atomic E-state index is 13.8. The van der Waals surface area contributed by atoms with Gasteiger partial charge < -0.3 is 31.9 Å². The molecule has 3 rings (SSSR count). The van der Waals surface area contributed by atoms with E-state index >= 15 is 0 Å². The third kappa shape index (κ3) is 9.01. The van der Waals surface area contributed by atoms with Crippen LogP contribution >= 0.6 is 0 Å². The number of likely N-dealkylation sites (tertiary alicyclic amines) is 1. The van der Waals surface area contributed by atoms with Crippen molar-refractivity contribution in [3.8, 4) is 0 Å². The van der Waals surface area contributed by atoms with Crippen molar-refractivity contribution in [3.63, 3.8) is 0 Å². The minimum atomic E-state index is -1.11. The number of ketones is 1. The molecule has 1 aliphatic carbocycles. The van der Waals surface area contributed by atoms with Gasteiger partial charge in [0.05, 0.1) is 11.6 Å². The highest BCUT2D eigenvalue weighted by molar-refractivity contribution is 6.37. The van der Waals surface area contributed by atoms with Gasteiger partial charge in [-0.2, -0.15) is 0 Å². The summed E-state index contributed by atoms with van der Waals surface area (Å²) in [6, 6.07) is 4.92. The summed E-state index contributed by atoms with van der Waals surface area (Å²) in [5.41, 5.74) is 4.69. The molecule has 236 valence electrons. The van der Waals surface area contributed by atoms with Crippen molar-refractivity contribution in [2.45, 2.75) is 103 Å². The third-order valence-electron chi connectivity index (χ3n) is 8.04. The van der Waals surface area contributed by atoms with Gasteiger partial charge in [-0.1, -0.05) is 63.9 Å². The van der Waals surface area contributed by atoms with Crippen LogP contribution in [0.5, 0.6) is 0 Å². The molecule has 12 nitrogen and oxygen atoms in total. The quantitative estimate of drug-likeness (QED) is 0.227. The molecule has 4 unspecified atom stereocenters. The summed E-state index contributed by atoms with van der Waals surface area (Å²) < 4.78 is 0. The van der Waals surface area contributed by atoms with Crippen LogP contribution in [0.25, 0.3) is 0 Å². The smallest absolute Gasteiger partial charge is 0.316 e. The van der Waals surface area contributed by atoms with Gasteiger partial charge in [0.2, 0.25) is 23.5 Å². The normalized spacial score (nSPS) is 19.0. The summed E-state index contributed by atoms with van der Waals surface area (Å²) in [6.07, 6.45) is 3.08. The van der Waals surface area contributed by atoms with Crippen molar-refractivity contribution < 1.29 is 28.8 Å². The first-order valence-corrected chi connectivity index (χ1v) is 14.9. The van der Waals surface area contributed by atoms with Gasteiger partial charge in [0.25, 0.3) is 5.91 Å². The van der Waals surface area contributed by atoms with Crippen molar-refractivity contribution >= 4 is 35.4 Å². The molecule has 43 heavy (non-hydrogen) atoms. The molecule has 1 saturated carbocycles. The Labute approximate surface area is 253 Å². The Bertz CT molecular complexity index is 1220. The second kappa shape index (κ2) is 13.6. The van der Waals surface area contributed by atoms with Crippen LogP contribution in [-0.4, -0.2) is 71.1 Å². The zero-order valence-corrected chi connectivity index (χ0v) is 26.0. The molecule has 0 radical (unpaired) electrons. The van der Waals surface area contributed by atoms with E-state index in [0.717, 1.165) is 18.4 Å². The largest absolute Gasteiger partial charge is 0.363 e. The van der Waals surface area contributed by atoms with E-state index in [9.17, 15) is 28.8 Å². The number of nitrogens with zero attached hydrogens (tertiary/aromatic N) is 1. The summed E-state index contributed by atoms with van der Waals surface area (Å²) in [4.78, 5) is 78.4. The number of benzene rings is 1. The fourth-order valence-corrected chi connectivity index (χ4v) is 5.25. The van der Waals surface area contributed by atoms with Crippen molar-refractivity contribution in [3.05, 3.63) is 35.9 Å². The standard InChI is InChI=1S/C31H46N6O6/c1-18(26(40)36-31(5,6)20-11-8-7-9-12-20)33-29(43)35-24(30(2,3)4)28(42)37-16-10-13-22(37)27(41)34-21(17-19-14-15-19)23(38)25(32)39/h7-9,11-12,18-19,21-22,24H,10,13-17H2,1-6H3,(H2,32,39)(H,34,41)(H,36,40)(H2,33,35,43). The number of nitrogens with one attached hydrogen (secondary N) is 4. The average molecular weight is 599 g/mol. The monoisotopic (exact) mass is 598 g/mol. The van der Waals surface area contributed by atoms with Crippen molar-refractivity contribution in [1.29, 1.82) is 0 Å². The second-order valence-electron chi connectivity index (χ2n) is 13.3. The number of nitrogens with two attached hydrogens (primary N) is 1. The fourth-order valence-electron chi connectivity index (χ4n) is 5.25. The Balaban J connectivity index is 1.65. The van der Waals surface area contributed by atoms with E-state index in [4.69, 9.17) is 5.73 Å². The van der Waals surface area contributed by atoms with Crippen LogP contribution in [0.1, 0.15) is 79.2 Å². The number of primary amides is 1. The van der Waals surface area contributed by atoms with E-state index in [2.05, 4.69) is 21.3 Å². The molecule has 12 heteroatoms. The number of carbonyl (C=O) groups excluding carboxylic acids is 6. The van der Waals surface area contributed by atoms with Crippen LogP contribution in [0, 0.1) is 11.3 Å². The van der Waals surface area contributed by atoms with Crippen LogP contribution in [0.15, 0.2) is 30.3 Å². The number of hydrogen-bond donors (Lipinski definition) is 5. The lowest BCUT2D eigenvalue weighted by Crippen LogP contribution is -2.61. The Morgan fingerprint density at radius 3 is 2.12 bits per heavy atom. The Morgan fingerprint density at radius 1 is 0.930 bits per heavy atom. The van der Waals surface area contributed by atoms with Crippen LogP contribution in [0.4, 0.5) is 4.79 Å². The summed E-state index contributed by atoms with van der Waals surface area (Å²) in [5, 5.41) is 10.9. The highest BCUT2D eigenvalue weighted by atomic mass is 16.2. The minimum Gasteiger partial charge on any atom is -0.363 e. The van der Waals surface area contributed by atoms with E-state index in [1.54, 1.807) is 27.7 Å². The lowest BCUT2D eigenvalue weighted by atomic mass is 9.85. The zero-order chi connectivity index (χ0) is 32.1. The average Bonchev–Trinajstić information content (AvgIpc) is 3.61. The van der Waals surface area contributed by atoms with Gasteiger partial charge in [0, 0.05) is 6.54 Å². The van der Waals surface area contributed by atoms with Crippen molar-refractivity contribution in [2.24, 2.45) is 17.1 Å². The van der Waals surface area contributed by atoms with Crippen molar-refractivity contribution in [1.82, 2.24) is 26.2 Å². The van der Waals surface area contributed by atoms with Gasteiger partial charge in [-0.3, -0.25) is 24.0 Å². The first-order valence-electron chi connectivity index (χ1n) is 14.9. The van der Waals surface area contributed by atoms with Gasteiger partial charge in [0.15, 0.2) is 0 Å². The predicted octanol–water partition coefficient (Wildman–Crippen LogP) is 1.47. The highest BCUT2D eigenvalue weighted by Crippen LogP contribution is 2.34. The first kappa shape index (κ1) is 33.5. The first-order chi connectivity index (χ1) is 20.0. The molecule has 0 aromatic heterocycles. The highest BCUT2D eigenvalue weighted by Gasteiger charge is 2.43. The number of amides is 6. The van der Waals surface area contributed by atoms with Crippen molar-refractivity contribution in [2.75, 3.05) is 6.54 Å². The van der Waals surface area contributed by atoms with Crippen LogP contribution in [0.3, 0.4) is 0 Å². The second-order valence-corrected chi connectivity index (χ2v) is 13.3. The molecule has 0 spiro atoms. The molecule has 2 fully saturated rings. The topological polar surface area (TPSA) is 180 Å². The van der Waals surface area contributed by atoms with Crippen LogP contribution in [-0.2, 0) is 29.5 Å². The molecule has 6 amide bonds. The van der Waals surface area contributed by atoms with Gasteiger partial charge in [-0.05, 0) is 56.9 Å². The van der Waals surface area contributed by atoms with E-state index < -0.39 is 70.6 Å². The molecular formula is C31H46N6O6.